The molecule has 1 heterocycles. The second kappa shape index (κ2) is 5.16. The second-order valence-corrected chi connectivity index (χ2v) is 4.49. The van der Waals surface area contributed by atoms with Crippen molar-refractivity contribution in [3.63, 3.8) is 0 Å². The topological polar surface area (TPSA) is 81.0 Å². The van der Waals surface area contributed by atoms with Crippen molar-refractivity contribution in [2.75, 3.05) is 12.4 Å². The van der Waals surface area contributed by atoms with Gasteiger partial charge in [-0.15, -0.1) is 0 Å². The van der Waals surface area contributed by atoms with E-state index in [0.717, 1.165) is 10.8 Å². The van der Waals surface area contributed by atoms with Crippen molar-refractivity contribution in [3.05, 3.63) is 58.9 Å². The van der Waals surface area contributed by atoms with Gasteiger partial charge < -0.3 is 5.32 Å². The van der Waals surface area contributed by atoms with Crippen molar-refractivity contribution >= 4 is 22.3 Å². The minimum Gasteiger partial charge on any atom is -0.367 e. The van der Waals surface area contributed by atoms with Crippen molar-refractivity contribution in [1.82, 2.24) is 9.97 Å². The predicted octanol–water partition coefficient (Wildman–Crippen LogP) is 3.25. The third-order valence-electron chi connectivity index (χ3n) is 3.26. The first kappa shape index (κ1) is 13.0. The van der Waals surface area contributed by atoms with Gasteiger partial charge in [-0.3, -0.25) is 10.1 Å². The molecule has 6 heteroatoms. The van der Waals surface area contributed by atoms with Crippen LogP contribution in [-0.4, -0.2) is 21.9 Å². The zero-order chi connectivity index (χ0) is 14.8. The van der Waals surface area contributed by atoms with E-state index in [9.17, 15) is 10.1 Å². The number of hydrogen-bond acceptors (Lipinski definition) is 5. The molecule has 104 valence electrons. The molecule has 0 spiro atoms. The molecular weight excluding hydrogens is 268 g/mol. The summed E-state index contributed by atoms with van der Waals surface area (Å²) in [7, 11) is 1.60. The first-order valence-electron chi connectivity index (χ1n) is 6.37. The molecule has 1 N–H and O–H groups in total. The fourth-order valence-electron chi connectivity index (χ4n) is 2.28. The van der Waals surface area contributed by atoms with Crippen LogP contribution in [0.2, 0.25) is 0 Å². The van der Waals surface area contributed by atoms with Gasteiger partial charge >= 0.3 is 5.69 Å². The number of anilines is 1. The number of nitrogens with one attached hydrogen (secondary N) is 1. The second-order valence-electron chi connectivity index (χ2n) is 4.49. The van der Waals surface area contributed by atoms with Gasteiger partial charge in [0.2, 0.25) is 5.82 Å². The molecule has 1 aromatic heterocycles. The lowest BCUT2D eigenvalue weighted by Crippen LogP contribution is -2.03. The monoisotopic (exact) mass is 280 g/mol. The van der Waals surface area contributed by atoms with Crippen molar-refractivity contribution in [3.8, 4) is 11.3 Å². The highest BCUT2D eigenvalue weighted by atomic mass is 16.6. The predicted molar refractivity (Wildman–Crippen MR) is 81.2 cm³/mol. The van der Waals surface area contributed by atoms with Crippen LogP contribution in [0, 0.1) is 10.1 Å². The van der Waals surface area contributed by atoms with Crippen LogP contribution in [0.5, 0.6) is 0 Å². The Balaban J connectivity index is 2.24. The molecule has 0 amide bonds. The number of nitrogens with zero attached hydrogens (tertiary/aromatic N) is 3. The molecule has 0 fully saturated rings. The Bertz CT molecular complexity index is 833. The van der Waals surface area contributed by atoms with Crippen molar-refractivity contribution in [2.24, 2.45) is 0 Å². The summed E-state index contributed by atoms with van der Waals surface area (Å²) in [6.07, 6.45) is 1.32. The Labute approximate surface area is 120 Å². The third-order valence-corrected chi connectivity index (χ3v) is 3.26. The van der Waals surface area contributed by atoms with E-state index in [2.05, 4.69) is 15.3 Å². The van der Waals surface area contributed by atoms with Gasteiger partial charge in [0, 0.05) is 12.6 Å². The Morgan fingerprint density at radius 1 is 1.10 bits per heavy atom. The number of rotatable bonds is 3. The lowest BCUT2D eigenvalue weighted by molar-refractivity contribution is -0.383. The minimum atomic E-state index is -0.462. The van der Waals surface area contributed by atoms with E-state index >= 15 is 0 Å². The lowest BCUT2D eigenvalue weighted by Gasteiger charge is -2.07. The van der Waals surface area contributed by atoms with Gasteiger partial charge in [-0.05, 0) is 16.8 Å². The number of nitro groups is 1. The number of benzene rings is 2. The summed E-state index contributed by atoms with van der Waals surface area (Å²) in [5.41, 5.74) is 0.889. The Kier molecular flexibility index (Phi) is 3.19. The van der Waals surface area contributed by atoms with Crippen LogP contribution in [-0.2, 0) is 0 Å². The molecule has 6 nitrogen and oxygen atoms in total. The average molecular weight is 280 g/mol. The molecule has 0 saturated carbocycles. The zero-order valence-electron chi connectivity index (χ0n) is 11.3. The standard InChI is InChI=1S/C15H12N4O2/c1-16-15-14(19(20)21)13(17-9-18-15)12-7-6-10-4-2-3-5-11(10)8-12/h2-9H,1H3,(H,16,17,18). The van der Waals surface area contributed by atoms with Gasteiger partial charge in [-0.25, -0.2) is 9.97 Å². The summed E-state index contributed by atoms with van der Waals surface area (Å²) in [6.45, 7) is 0. The van der Waals surface area contributed by atoms with Gasteiger partial charge in [-0.2, -0.15) is 0 Å². The number of hydrogen-bond donors (Lipinski definition) is 1. The fourth-order valence-corrected chi connectivity index (χ4v) is 2.28. The smallest absolute Gasteiger partial charge is 0.337 e. The van der Waals surface area contributed by atoms with Gasteiger partial charge in [0.15, 0.2) is 5.69 Å². The minimum absolute atomic E-state index is 0.115. The maximum absolute atomic E-state index is 11.3. The summed E-state index contributed by atoms with van der Waals surface area (Å²) in [5, 5.41) is 16.1. The van der Waals surface area contributed by atoms with E-state index in [4.69, 9.17) is 0 Å². The summed E-state index contributed by atoms with van der Waals surface area (Å²) < 4.78 is 0. The molecule has 0 aliphatic rings. The van der Waals surface area contributed by atoms with E-state index in [1.165, 1.54) is 6.33 Å². The molecule has 0 radical (unpaired) electrons. The number of fused-ring (bicyclic) bond motifs is 1. The Hall–Kier alpha value is -3.02. The average Bonchev–Trinajstić information content (AvgIpc) is 2.53. The van der Waals surface area contributed by atoms with Gasteiger partial charge in [-0.1, -0.05) is 36.4 Å². The van der Waals surface area contributed by atoms with Crippen LogP contribution >= 0.6 is 0 Å². The first-order valence-corrected chi connectivity index (χ1v) is 6.37. The summed E-state index contributed by atoms with van der Waals surface area (Å²) in [4.78, 5) is 18.9. The van der Waals surface area contributed by atoms with Crippen LogP contribution in [0.1, 0.15) is 0 Å². The first-order chi connectivity index (χ1) is 10.2. The Morgan fingerprint density at radius 2 is 1.86 bits per heavy atom. The molecule has 0 aliphatic carbocycles. The largest absolute Gasteiger partial charge is 0.367 e. The molecule has 21 heavy (non-hydrogen) atoms. The van der Waals surface area contributed by atoms with Gasteiger partial charge in [0.05, 0.1) is 4.92 Å². The quantitative estimate of drug-likeness (QED) is 0.588. The summed E-state index contributed by atoms with van der Waals surface area (Å²) in [6, 6.07) is 13.5. The van der Waals surface area contributed by atoms with Gasteiger partial charge in [0.25, 0.3) is 0 Å². The van der Waals surface area contributed by atoms with Crippen LogP contribution in [0.15, 0.2) is 48.8 Å². The third kappa shape index (κ3) is 2.27. The fraction of sp³-hybridized carbons (Fsp3) is 0.0667. The zero-order valence-corrected chi connectivity index (χ0v) is 11.3. The van der Waals surface area contributed by atoms with Crippen LogP contribution in [0.4, 0.5) is 11.5 Å². The van der Waals surface area contributed by atoms with Crippen molar-refractivity contribution < 1.29 is 4.92 Å². The van der Waals surface area contributed by atoms with Crippen LogP contribution in [0.3, 0.4) is 0 Å². The van der Waals surface area contributed by atoms with E-state index in [0.29, 0.717) is 11.3 Å². The highest BCUT2D eigenvalue weighted by Gasteiger charge is 2.23. The van der Waals surface area contributed by atoms with E-state index < -0.39 is 4.92 Å². The molecule has 2 aromatic carbocycles. The summed E-state index contributed by atoms with van der Waals surface area (Å²) in [5.74, 6) is 0.207. The van der Waals surface area contributed by atoms with Crippen molar-refractivity contribution in [2.45, 2.75) is 0 Å². The van der Waals surface area contributed by atoms with Gasteiger partial charge in [0.1, 0.15) is 6.33 Å². The molecular formula is C15H12N4O2. The highest BCUT2D eigenvalue weighted by Crippen LogP contribution is 2.33. The molecule has 3 rings (SSSR count). The van der Waals surface area contributed by atoms with E-state index in [1.807, 2.05) is 42.5 Å². The summed E-state index contributed by atoms with van der Waals surface area (Å²) >= 11 is 0. The van der Waals surface area contributed by atoms with Crippen LogP contribution < -0.4 is 5.32 Å². The maximum Gasteiger partial charge on any atom is 0.337 e. The lowest BCUT2D eigenvalue weighted by atomic mass is 10.0. The highest BCUT2D eigenvalue weighted by molar-refractivity contribution is 5.89. The van der Waals surface area contributed by atoms with E-state index in [1.54, 1.807) is 7.05 Å². The molecule has 0 atom stereocenters. The SMILES string of the molecule is CNc1ncnc(-c2ccc3ccccc3c2)c1[N+](=O)[O-]. The Morgan fingerprint density at radius 3 is 2.57 bits per heavy atom. The van der Waals surface area contributed by atoms with E-state index in [-0.39, 0.29) is 11.5 Å². The normalized spacial score (nSPS) is 10.5. The molecule has 0 aliphatic heterocycles. The van der Waals surface area contributed by atoms with Crippen molar-refractivity contribution in [1.29, 1.82) is 0 Å². The molecule has 0 unspecified atom stereocenters. The van der Waals surface area contributed by atoms with Crippen LogP contribution in [0.25, 0.3) is 22.0 Å². The molecule has 0 saturated heterocycles. The number of aromatic nitrogens is 2. The maximum atomic E-state index is 11.3. The molecule has 0 bridgehead atoms. The molecule has 3 aromatic rings.